The lowest BCUT2D eigenvalue weighted by Crippen LogP contribution is -2.20. The first-order chi connectivity index (χ1) is 13.1. The van der Waals surface area contributed by atoms with Crippen LogP contribution in [0.5, 0.6) is 11.5 Å². The lowest BCUT2D eigenvalue weighted by atomic mass is 10.0. The summed E-state index contributed by atoms with van der Waals surface area (Å²) in [5, 5.41) is 10.5. The Morgan fingerprint density at radius 3 is 2.63 bits per heavy atom. The Bertz CT molecular complexity index is 907. The molecule has 1 aromatic heterocycles. The number of anilines is 1. The van der Waals surface area contributed by atoms with Crippen molar-refractivity contribution in [3.63, 3.8) is 0 Å². The second kappa shape index (κ2) is 8.35. The average Bonchev–Trinajstić information content (AvgIpc) is 3.21. The molecule has 1 amide bonds. The number of amides is 1. The van der Waals surface area contributed by atoms with Crippen molar-refractivity contribution in [2.45, 2.75) is 19.8 Å². The van der Waals surface area contributed by atoms with Gasteiger partial charge in [0.25, 0.3) is 5.91 Å². The predicted molar refractivity (Wildman–Crippen MR) is 103 cm³/mol. The van der Waals surface area contributed by atoms with E-state index in [9.17, 15) is 4.79 Å². The van der Waals surface area contributed by atoms with E-state index in [2.05, 4.69) is 29.4 Å². The van der Waals surface area contributed by atoms with E-state index in [1.165, 1.54) is 0 Å². The third kappa shape index (κ3) is 4.63. The number of ether oxygens (including phenoxy) is 2. The number of hydrogen-bond donors (Lipinski definition) is 1. The zero-order valence-corrected chi connectivity index (χ0v) is 15.5. The molecule has 140 valence electrons. The smallest absolute Gasteiger partial charge is 0.262 e. The first kappa shape index (κ1) is 18.4. The van der Waals surface area contributed by atoms with Gasteiger partial charge in [0.2, 0.25) is 0 Å². The van der Waals surface area contributed by atoms with Crippen LogP contribution < -0.4 is 14.8 Å². The lowest BCUT2D eigenvalue weighted by Gasteiger charge is -2.15. The molecule has 0 radical (unpaired) electrons. The van der Waals surface area contributed by atoms with Crippen LogP contribution in [0, 0.1) is 0 Å². The van der Waals surface area contributed by atoms with E-state index < -0.39 is 0 Å². The number of methoxy groups -OCH3 is 1. The monoisotopic (exact) mass is 366 g/mol. The number of carbonyl (C=O) groups is 1. The van der Waals surface area contributed by atoms with Gasteiger partial charge in [0.1, 0.15) is 24.2 Å². The van der Waals surface area contributed by atoms with Crippen LogP contribution in [-0.4, -0.2) is 34.4 Å². The van der Waals surface area contributed by atoms with Crippen LogP contribution in [0.3, 0.4) is 0 Å². The zero-order valence-electron chi connectivity index (χ0n) is 15.5. The molecule has 0 saturated heterocycles. The van der Waals surface area contributed by atoms with Gasteiger partial charge in [-0.1, -0.05) is 26.0 Å². The normalized spacial score (nSPS) is 10.7. The number of benzene rings is 2. The Kier molecular flexibility index (Phi) is 5.71. The van der Waals surface area contributed by atoms with E-state index in [0.29, 0.717) is 23.1 Å². The second-order valence-corrected chi connectivity index (χ2v) is 6.32. The molecule has 3 rings (SSSR count). The molecular formula is C20H22N4O3. The maximum atomic E-state index is 12.2. The van der Waals surface area contributed by atoms with Gasteiger partial charge in [-0.3, -0.25) is 9.36 Å². The molecule has 0 atom stereocenters. The Hall–Kier alpha value is -3.35. The predicted octanol–water partition coefficient (Wildman–Crippen LogP) is 3.42. The summed E-state index contributed by atoms with van der Waals surface area (Å²) in [5.41, 5.74) is 2.60. The number of carbonyl (C=O) groups excluding carboxylic acids is 1. The average molecular weight is 366 g/mol. The zero-order chi connectivity index (χ0) is 19.2. The van der Waals surface area contributed by atoms with E-state index >= 15 is 0 Å². The number of nitrogens with zero attached hydrogens (tertiary/aromatic N) is 3. The van der Waals surface area contributed by atoms with Crippen LogP contribution >= 0.6 is 0 Å². The molecule has 1 N–H and O–H groups in total. The second-order valence-electron chi connectivity index (χ2n) is 6.32. The van der Waals surface area contributed by atoms with Crippen molar-refractivity contribution in [1.82, 2.24) is 14.8 Å². The van der Waals surface area contributed by atoms with E-state index in [-0.39, 0.29) is 12.5 Å². The molecular weight excluding hydrogens is 344 g/mol. The van der Waals surface area contributed by atoms with Crippen molar-refractivity contribution in [2.75, 3.05) is 19.0 Å². The minimum absolute atomic E-state index is 0.118. The Morgan fingerprint density at radius 1 is 1.15 bits per heavy atom. The topological polar surface area (TPSA) is 78.3 Å². The van der Waals surface area contributed by atoms with Gasteiger partial charge in [0.05, 0.1) is 12.8 Å². The van der Waals surface area contributed by atoms with E-state index in [1.54, 1.807) is 36.5 Å². The van der Waals surface area contributed by atoms with Gasteiger partial charge in [-0.05, 0) is 35.7 Å². The molecule has 0 fully saturated rings. The summed E-state index contributed by atoms with van der Waals surface area (Å²) in [6, 6.07) is 13.0. The first-order valence-electron chi connectivity index (χ1n) is 8.62. The summed E-state index contributed by atoms with van der Waals surface area (Å²) in [5.74, 6) is 1.37. The standard InChI is InChI=1S/C20H22N4O3/c1-14(2)15-7-8-19(18(9-15)24-12-21-22-13-24)27-11-20(25)23-16-5-4-6-17(10-16)26-3/h4-10,12-14H,11H2,1-3H3,(H,23,25). The fourth-order valence-electron chi connectivity index (χ4n) is 2.58. The van der Waals surface area contributed by atoms with E-state index in [1.807, 2.05) is 30.3 Å². The van der Waals surface area contributed by atoms with Gasteiger partial charge in [-0.2, -0.15) is 0 Å². The van der Waals surface area contributed by atoms with Crippen molar-refractivity contribution in [3.05, 3.63) is 60.7 Å². The fourth-order valence-corrected chi connectivity index (χ4v) is 2.58. The van der Waals surface area contributed by atoms with Crippen molar-refractivity contribution in [2.24, 2.45) is 0 Å². The van der Waals surface area contributed by atoms with Crippen LogP contribution in [-0.2, 0) is 4.79 Å². The summed E-state index contributed by atoms with van der Waals surface area (Å²) in [4.78, 5) is 12.2. The van der Waals surface area contributed by atoms with Crippen LogP contribution in [0.15, 0.2) is 55.1 Å². The Labute approximate surface area is 158 Å². The van der Waals surface area contributed by atoms with Gasteiger partial charge >= 0.3 is 0 Å². The summed E-state index contributed by atoms with van der Waals surface area (Å²) < 4.78 is 12.7. The lowest BCUT2D eigenvalue weighted by molar-refractivity contribution is -0.118. The minimum atomic E-state index is -0.258. The third-order valence-corrected chi connectivity index (χ3v) is 4.06. The Balaban J connectivity index is 1.72. The van der Waals surface area contributed by atoms with Gasteiger partial charge < -0.3 is 14.8 Å². The molecule has 0 saturated carbocycles. The fraction of sp³-hybridized carbons (Fsp3) is 0.250. The molecule has 0 bridgehead atoms. The molecule has 0 unspecified atom stereocenters. The molecule has 0 aliphatic rings. The molecule has 7 heteroatoms. The van der Waals surface area contributed by atoms with Gasteiger partial charge in [-0.25, -0.2) is 0 Å². The maximum absolute atomic E-state index is 12.2. The molecule has 3 aromatic rings. The summed E-state index contributed by atoms with van der Waals surface area (Å²) in [6.07, 6.45) is 3.20. The highest BCUT2D eigenvalue weighted by molar-refractivity contribution is 5.92. The van der Waals surface area contributed by atoms with Gasteiger partial charge in [0.15, 0.2) is 6.61 Å². The van der Waals surface area contributed by atoms with Crippen molar-refractivity contribution in [1.29, 1.82) is 0 Å². The molecule has 1 heterocycles. The van der Waals surface area contributed by atoms with Crippen LogP contribution in [0.2, 0.25) is 0 Å². The number of nitrogens with one attached hydrogen (secondary N) is 1. The van der Waals surface area contributed by atoms with Crippen LogP contribution in [0.25, 0.3) is 5.69 Å². The molecule has 0 spiro atoms. The maximum Gasteiger partial charge on any atom is 0.262 e. The summed E-state index contributed by atoms with van der Waals surface area (Å²) >= 11 is 0. The van der Waals surface area contributed by atoms with Crippen molar-refractivity contribution >= 4 is 11.6 Å². The quantitative estimate of drug-likeness (QED) is 0.693. The largest absolute Gasteiger partial charge is 0.497 e. The van der Waals surface area contributed by atoms with Crippen LogP contribution in [0.4, 0.5) is 5.69 Å². The van der Waals surface area contributed by atoms with Gasteiger partial charge in [0, 0.05) is 11.8 Å². The molecule has 0 aliphatic heterocycles. The molecule has 7 nitrogen and oxygen atoms in total. The number of hydrogen-bond acceptors (Lipinski definition) is 5. The highest BCUT2D eigenvalue weighted by Crippen LogP contribution is 2.27. The third-order valence-electron chi connectivity index (χ3n) is 4.06. The minimum Gasteiger partial charge on any atom is -0.497 e. The molecule has 0 aliphatic carbocycles. The van der Waals surface area contributed by atoms with Gasteiger partial charge in [-0.15, -0.1) is 10.2 Å². The molecule has 27 heavy (non-hydrogen) atoms. The summed E-state index contributed by atoms with van der Waals surface area (Å²) in [7, 11) is 1.58. The highest BCUT2D eigenvalue weighted by atomic mass is 16.5. The highest BCUT2D eigenvalue weighted by Gasteiger charge is 2.12. The van der Waals surface area contributed by atoms with E-state index in [0.717, 1.165) is 11.3 Å². The van der Waals surface area contributed by atoms with Crippen molar-refractivity contribution < 1.29 is 14.3 Å². The number of rotatable bonds is 7. The first-order valence-corrected chi connectivity index (χ1v) is 8.62. The Morgan fingerprint density at radius 2 is 1.93 bits per heavy atom. The number of aromatic nitrogens is 3. The summed E-state index contributed by atoms with van der Waals surface area (Å²) in [6.45, 7) is 4.12. The van der Waals surface area contributed by atoms with E-state index in [4.69, 9.17) is 9.47 Å². The van der Waals surface area contributed by atoms with Crippen LogP contribution in [0.1, 0.15) is 25.3 Å². The van der Waals surface area contributed by atoms with Crippen molar-refractivity contribution in [3.8, 4) is 17.2 Å². The SMILES string of the molecule is COc1cccc(NC(=O)COc2ccc(C(C)C)cc2-n2cnnc2)c1. The molecule has 2 aromatic carbocycles.